The van der Waals surface area contributed by atoms with Gasteiger partial charge in [0.25, 0.3) is 23.6 Å². The van der Waals surface area contributed by atoms with Crippen LogP contribution in [-0.4, -0.2) is 106 Å². The van der Waals surface area contributed by atoms with Crippen LogP contribution in [-0.2, 0) is 24.0 Å². The Kier molecular flexibility index (Phi) is 31.3. The Labute approximate surface area is 792 Å². The molecular weight excluding hydrogens is 1720 g/mol. The van der Waals surface area contributed by atoms with Gasteiger partial charge in [-0.3, -0.25) is 39.1 Å². The summed E-state index contributed by atoms with van der Waals surface area (Å²) in [6.45, 7) is 11.1. The van der Waals surface area contributed by atoms with Crippen LogP contribution in [0.15, 0.2) is 328 Å². The van der Waals surface area contributed by atoms with Crippen LogP contribution in [0.25, 0.3) is 88.0 Å². The van der Waals surface area contributed by atoms with Crippen molar-refractivity contribution in [2.75, 3.05) is 71.1 Å². The Morgan fingerprint density at radius 2 is 0.861 bits per heavy atom. The predicted octanol–water partition coefficient (Wildman–Crippen LogP) is 23.0. The predicted molar refractivity (Wildman–Crippen MR) is 539 cm³/mol. The van der Waals surface area contributed by atoms with Crippen molar-refractivity contribution in [3.63, 3.8) is 0 Å². The topological polar surface area (TPSA) is 299 Å². The van der Waals surface area contributed by atoms with E-state index >= 15 is 0 Å². The number of rotatable bonds is 19. The van der Waals surface area contributed by atoms with E-state index in [1.54, 1.807) is 30.6 Å². The molecule has 5 amide bonds. The van der Waals surface area contributed by atoms with Gasteiger partial charge in [-0.2, -0.15) is 33.8 Å². The molecule has 1 fully saturated rings. The van der Waals surface area contributed by atoms with Gasteiger partial charge in [0, 0.05) is 131 Å². The second kappa shape index (κ2) is 44.6. The number of pyridine rings is 3. The molecule has 0 aliphatic carbocycles. The van der Waals surface area contributed by atoms with Crippen LogP contribution in [0.5, 0.6) is 0 Å². The molecule has 22 nitrogen and oxygen atoms in total. The molecule has 0 radical (unpaired) electrons. The van der Waals surface area contributed by atoms with Gasteiger partial charge in [-0.25, -0.2) is 0 Å². The van der Waals surface area contributed by atoms with Gasteiger partial charge >= 0.3 is 6.18 Å². The molecule has 1 atom stereocenters. The van der Waals surface area contributed by atoms with E-state index in [2.05, 4.69) is 119 Å². The van der Waals surface area contributed by atoms with Crippen LogP contribution < -0.4 is 46.4 Å². The SMILES string of the molecule is Cc1ccc(NC(=O)C2CCCCN2)cc1-c1ccc2ccncc2c1.Cc1ccc(NC(=O)c2cccc(C(F)(F)F)c2)cc1-c1ccc2cc[n+](O)cc2c1.Cc1ccc(NC(=O)c2cccc(N(C)C)c2)cc1-c1ccc(CC#N)cc1.Cc1ccc(NC(=O)c2cccc(N(C)C)c2)cc1-c1cccc(CO)c1.Cc1ccc(NC(=O)c2cn[nH]n2)cc1-c1ccc2ccncc2c1. The number of nitrogens with zero attached hydrogens (tertiary/aromatic N) is 8. The van der Waals surface area contributed by atoms with Crippen molar-refractivity contribution in [3.8, 4) is 61.7 Å². The molecule has 137 heavy (non-hydrogen) atoms. The maximum atomic E-state index is 12.9. The molecule has 688 valence electrons. The van der Waals surface area contributed by atoms with Crippen molar-refractivity contribution in [2.24, 2.45) is 0 Å². The third kappa shape index (κ3) is 25.3. The molecule has 0 bridgehead atoms. The minimum atomic E-state index is -4.52. The van der Waals surface area contributed by atoms with E-state index in [0.717, 1.165) is 187 Å². The summed E-state index contributed by atoms with van der Waals surface area (Å²) in [5.41, 5.74) is 23.7. The van der Waals surface area contributed by atoms with Crippen molar-refractivity contribution in [1.82, 2.24) is 30.7 Å². The molecule has 1 aliphatic rings. The number of aliphatic hydroxyl groups excluding tert-OH is 1. The van der Waals surface area contributed by atoms with Crippen LogP contribution in [0.3, 0.4) is 0 Å². The molecule has 4 aromatic heterocycles. The van der Waals surface area contributed by atoms with Crippen molar-refractivity contribution in [3.05, 3.63) is 395 Å². The molecule has 1 aliphatic heterocycles. The van der Waals surface area contributed by atoms with Gasteiger partial charge in [-0.1, -0.05) is 134 Å². The molecule has 1 saturated heterocycles. The summed E-state index contributed by atoms with van der Waals surface area (Å²) in [6.07, 6.45) is 10.9. The fourth-order valence-electron chi connectivity index (χ4n) is 15.7. The highest BCUT2D eigenvalue weighted by Crippen LogP contribution is 2.37. The van der Waals surface area contributed by atoms with Crippen molar-refractivity contribution in [1.29, 1.82) is 5.26 Å². The number of carbonyl (C=O) groups is 5. The first-order valence-electron chi connectivity index (χ1n) is 44.5. The summed E-state index contributed by atoms with van der Waals surface area (Å²) in [7, 11) is 7.80. The van der Waals surface area contributed by atoms with Gasteiger partial charge in [-0.05, 0) is 316 Å². The Balaban J connectivity index is 0.000000137. The lowest BCUT2D eigenvalue weighted by atomic mass is 9.97. The third-order valence-corrected chi connectivity index (χ3v) is 23.4. The summed E-state index contributed by atoms with van der Waals surface area (Å²) < 4.78 is 39.8. The number of aromatic amines is 1. The zero-order valence-corrected chi connectivity index (χ0v) is 77.1. The Morgan fingerprint density at radius 1 is 0.438 bits per heavy atom. The second-order valence-electron chi connectivity index (χ2n) is 33.7. The number of aromatic nitrogens is 6. The van der Waals surface area contributed by atoms with E-state index in [9.17, 15) is 47.5 Å². The first-order valence-corrected chi connectivity index (χ1v) is 44.5. The van der Waals surface area contributed by atoms with Crippen LogP contribution in [0.1, 0.15) is 105 Å². The largest absolute Gasteiger partial charge is 0.416 e. The number of benzene rings is 13. The van der Waals surface area contributed by atoms with Crippen molar-refractivity contribution < 1.29 is 52.2 Å². The molecule has 9 N–H and O–H groups in total. The number of hydrogen-bond acceptors (Lipinski definition) is 15. The molecular formula is C112H103F3N15O7+. The van der Waals surface area contributed by atoms with Crippen molar-refractivity contribution >= 4 is 102 Å². The number of nitrogens with one attached hydrogen (secondary N) is 7. The quantitative estimate of drug-likeness (QED) is 0.0269. The standard InChI is InChI=1S/C24H17F3N2O2.C24H23N3O.C23H24N2O2.C22H23N3O.C19H15N5O/c1-15-5-8-21(28-23(30)18-3-2-4-20(12-18)24(25,26)27)13-22(15)17-7-6-16-9-10-29(31)14-19(16)11-17;1-17-7-12-21(16-23(17)19-10-8-18(9-11-19)13-14-25)26-24(28)20-5-4-6-22(15-20)27(2)3;1-16-10-11-20(14-22(16)18-7-4-6-17(12-18)15-26)24-23(27)19-8-5-9-21(13-19)25(2)3;1-15-5-8-19(25-22(26)21-4-2-3-10-24-21)13-20(15)17-7-6-16-9-11-23-14-18(16)12-17;1-12-2-5-16(22-19(25)18-11-21-24-23-18)9-17(12)14-4-3-13-6-7-20-10-15(13)8-14/h2-14H,1H3,(H-,28,30,31);4-12,15-16H,13H2,1-3H3,(H,26,28);4-14,26H,15H2,1-3H3,(H,24,27);5-9,11-14,21,24H,2-4,10H2,1H3,(H,25,26);2-11H,1H3,(H,22,25)(H,21,23,24)/p+1. The highest BCUT2D eigenvalue weighted by atomic mass is 19.4. The maximum Gasteiger partial charge on any atom is 0.416 e. The van der Waals surface area contributed by atoms with E-state index in [1.807, 2.05) is 278 Å². The number of alkyl halides is 3. The fraction of sp³-hybridized carbons (Fsp3) is 0.152. The fourth-order valence-corrected chi connectivity index (χ4v) is 15.7. The smallest absolute Gasteiger partial charge is 0.392 e. The number of anilines is 7. The monoisotopic (exact) mass is 1830 g/mol. The van der Waals surface area contributed by atoms with E-state index < -0.39 is 17.6 Å². The average Bonchev–Trinajstić information content (AvgIpc) is 1.11. The lowest BCUT2D eigenvalue weighted by Crippen LogP contribution is -2.43. The lowest BCUT2D eigenvalue weighted by molar-refractivity contribution is -0.903. The highest BCUT2D eigenvalue weighted by molar-refractivity contribution is 6.08. The number of nitriles is 1. The van der Waals surface area contributed by atoms with Gasteiger partial charge < -0.3 is 46.8 Å². The molecule has 17 aromatic rings. The summed E-state index contributed by atoms with van der Waals surface area (Å²) >= 11 is 0. The van der Waals surface area contributed by atoms with Gasteiger partial charge in [0.15, 0.2) is 5.69 Å². The zero-order valence-electron chi connectivity index (χ0n) is 77.1. The minimum Gasteiger partial charge on any atom is -0.392 e. The molecule has 1 unspecified atom stereocenters. The number of carbonyl (C=O) groups excluding carboxylic acids is 5. The summed E-state index contributed by atoms with van der Waals surface area (Å²) in [6, 6.07) is 90.4. The number of amides is 5. The number of aryl methyl sites for hydroxylation is 5. The number of hydrogen-bond donors (Lipinski definition) is 9. The molecule has 13 aromatic carbocycles. The van der Waals surface area contributed by atoms with Gasteiger partial charge in [-0.15, -0.1) is 0 Å². The number of fused-ring (bicyclic) bond motifs is 3. The number of piperidine rings is 1. The van der Waals surface area contributed by atoms with E-state index in [1.165, 1.54) is 35.5 Å². The van der Waals surface area contributed by atoms with Gasteiger partial charge in [0.1, 0.15) is 0 Å². The zero-order chi connectivity index (χ0) is 96.8. The normalized spacial score (nSPS) is 12.0. The van der Waals surface area contributed by atoms with Crippen LogP contribution in [0.2, 0.25) is 0 Å². The maximum absolute atomic E-state index is 12.9. The van der Waals surface area contributed by atoms with E-state index in [0.29, 0.717) is 28.9 Å². The van der Waals surface area contributed by atoms with Crippen LogP contribution in [0.4, 0.5) is 53.0 Å². The first-order chi connectivity index (χ1) is 66.1. The summed E-state index contributed by atoms with van der Waals surface area (Å²) in [5.74, 6) is -1.14. The average molecular weight is 1830 g/mol. The van der Waals surface area contributed by atoms with Crippen LogP contribution >= 0.6 is 0 Å². The Morgan fingerprint density at radius 3 is 1.30 bits per heavy atom. The molecule has 0 saturated carbocycles. The minimum absolute atomic E-state index is 0.00549. The molecule has 25 heteroatoms. The molecule has 5 heterocycles. The number of H-pyrrole nitrogens is 1. The van der Waals surface area contributed by atoms with E-state index in [4.69, 9.17) is 5.26 Å². The van der Waals surface area contributed by atoms with E-state index in [-0.39, 0.29) is 47.5 Å². The lowest BCUT2D eigenvalue weighted by Gasteiger charge is -2.22. The van der Waals surface area contributed by atoms with Gasteiger partial charge in [0.05, 0.1) is 42.3 Å². The molecule has 0 spiro atoms. The van der Waals surface area contributed by atoms with Crippen molar-refractivity contribution in [2.45, 2.75) is 79.1 Å². The Hall–Kier alpha value is -16.8. The van der Waals surface area contributed by atoms with Gasteiger partial charge in [0.2, 0.25) is 18.3 Å². The second-order valence-corrected chi connectivity index (χ2v) is 33.7. The molecule has 18 rings (SSSR count). The first kappa shape index (κ1) is 96.2. The summed E-state index contributed by atoms with van der Waals surface area (Å²) in [4.78, 5) is 74.8. The number of halogens is 3. The summed E-state index contributed by atoms with van der Waals surface area (Å²) in [5, 5.41) is 61.9. The highest BCUT2D eigenvalue weighted by Gasteiger charge is 2.31. The van der Waals surface area contributed by atoms with Crippen LogP contribution in [0, 0.1) is 45.9 Å². The third-order valence-electron chi connectivity index (χ3n) is 23.4. The Bertz CT molecular complexity index is 7300. The number of aliphatic hydroxyl groups is 1.